The molecule has 1 aromatic heterocycles. The number of nitrogens with one attached hydrogen (secondary N) is 1. The third-order valence-corrected chi connectivity index (χ3v) is 2.26. The van der Waals surface area contributed by atoms with Crippen LogP contribution in [0.3, 0.4) is 0 Å². The van der Waals surface area contributed by atoms with Gasteiger partial charge in [-0.1, -0.05) is 6.92 Å². The van der Waals surface area contributed by atoms with Gasteiger partial charge >= 0.3 is 0 Å². The number of carbonyl (C=O) groups excluding carboxylic acids is 1. The average Bonchev–Trinajstić information content (AvgIpc) is 2.78. The highest BCUT2D eigenvalue weighted by atomic mass is 16.3. The van der Waals surface area contributed by atoms with Crippen molar-refractivity contribution in [2.75, 3.05) is 6.61 Å². The summed E-state index contributed by atoms with van der Waals surface area (Å²) < 4.78 is 5.06. The summed E-state index contributed by atoms with van der Waals surface area (Å²) >= 11 is 0. The standard InChI is InChI=1S/C12H17NO3/c1-2-10(7-8-14)13-12(15)6-5-11-4-3-9-16-11/h3-6,9-10,14H,2,7-8H2,1H3,(H,13,15)/b6-5+. The molecule has 2 N–H and O–H groups in total. The predicted octanol–water partition coefficient (Wildman–Crippen LogP) is 1.57. The van der Waals surface area contributed by atoms with Gasteiger partial charge in [0.15, 0.2) is 0 Å². The van der Waals surface area contributed by atoms with Gasteiger partial charge in [0, 0.05) is 18.7 Å². The molecular formula is C12H17NO3. The van der Waals surface area contributed by atoms with Crippen molar-refractivity contribution in [1.82, 2.24) is 5.32 Å². The topological polar surface area (TPSA) is 62.5 Å². The van der Waals surface area contributed by atoms with Crippen molar-refractivity contribution >= 4 is 12.0 Å². The van der Waals surface area contributed by atoms with Crippen molar-refractivity contribution in [3.8, 4) is 0 Å². The van der Waals surface area contributed by atoms with E-state index < -0.39 is 0 Å². The lowest BCUT2D eigenvalue weighted by atomic mass is 10.1. The lowest BCUT2D eigenvalue weighted by Crippen LogP contribution is -2.33. The number of hydrogen-bond acceptors (Lipinski definition) is 3. The molecule has 1 unspecified atom stereocenters. The first-order valence-corrected chi connectivity index (χ1v) is 5.39. The summed E-state index contributed by atoms with van der Waals surface area (Å²) in [6.07, 6.45) is 5.98. The van der Waals surface area contributed by atoms with E-state index in [-0.39, 0.29) is 18.6 Å². The Morgan fingerprint density at radius 3 is 3.06 bits per heavy atom. The molecule has 1 atom stereocenters. The molecule has 0 aliphatic rings. The summed E-state index contributed by atoms with van der Waals surface area (Å²) in [5, 5.41) is 11.6. The van der Waals surface area contributed by atoms with Gasteiger partial charge in [-0.05, 0) is 31.1 Å². The third kappa shape index (κ3) is 4.31. The van der Waals surface area contributed by atoms with Crippen LogP contribution < -0.4 is 5.32 Å². The summed E-state index contributed by atoms with van der Waals surface area (Å²) in [5.74, 6) is 0.474. The lowest BCUT2D eigenvalue weighted by Gasteiger charge is -2.13. The smallest absolute Gasteiger partial charge is 0.244 e. The van der Waals surface area contributed by atoms with E-state index in [4.69, 9.17) is 9.52 Å². The quantitative estimate of drug-likeness (QED) is 0.719. The maximum absolute atomic E-state index is 11.5. The van der Waals surface area contributed by atoms with Gasteiger partial charge in [-0.2, -0.15) is 0 Å². The molecule has 0 aliphatic carbocycles. The van der Waals surface area contributed by atoms with Gasteiger partial charge in [0.25, 0.3) is 0 Å². The van der Waals surface area contributed by atoms with E-state index in [2.05, 4.69) is 5.32 Å². The minimum absolute atomic E-state index is 0.0266. The summed E-state index contributed by atoms with van der Waals surface area (Å²) in [5.41, 5.74) is 0. The molecule has 1 rings (SSSR count). The Balaban J connectivity index is 2.40. The second-order valence-corrected chi connectivity index (χ2v) is 3.47. The van der Waals surface area contributed by atoms with E-state index in [0.717, 1.165) is 6.42 Å². The zero-order chi connectivity index (χ0) is 11.8. The highest BCUT2D eigenvalue weighted by molar-refractivity contribution is 5.91. The summed E-state index contributed by atoms with van der Waals surface area (Å²) in [6.45, 7) is 2.05. The van der Waals surface area contributed by atoms with Crippen LogP contribution in [0.1, 0.15) is 25.5 Å². The zero-order valence-corrected chi connectivity index (χ0v) is 9.35. The molecule has 4 heteroatoms. The zero-order valence-electron chi connectivity index (χ0n) is 9.35. The monoisotopic (exact) mass is 223 g/mol. The number of aliphatic hydroxyl groups is 1. The van der Waals surface area contributed by atoms with Crippen LogP contribution in [-0.4, -0.2) is 23.7 Å². The molecule has 0 aromatic carbocycles. The van der Waals surface area contributed by atoms with Crippen molar-refractivity contribution < 1.29 is 14.3 Å². The fourth-order valence-corrected chi connectivity index (χ4v) is 1.33. The van der Waals surface area contributed by atoms with Gasteiger partial charge in [-0.15, -0.1) is 0 Å². The number of hydrogen-bond donors (Lipinski definition) is 2. The van der Waals surface area contributed by atoms with Gasteiger partial charge in [-0.25, -0.2) is 0 Å². The maximum atomic E-state index is 11.5. The Kier molecular flexibility index (Phi) is 5.36. The van der Waals surface area contributed by atoms with Crippen molar-refractivity contribution in [3.05, 3.63) is 30.2 Å². The number of aliphatic hydroxyl groups excluding tert-OH is 1. The molecule has 88 valence electrons. The molecule has 1 amide bonds. The fourth-order valence-electron chi connectivity index (χ4n) is 1.33. The lowest BCUT2D eigenvalue weighted by molar-refractivity contribution is -0.117. The SMILES string of the molecule is CCC(CCO)NC(=O)/C=C/c1ccco1. The molecule has 0 saturated heterocycles. The summed E-state index contributed by atoms with van der Waals surface area (Å²) in [6, 6.07) is 3.56. The van der Waals surface area contributed by atoms with E-state index in [9.17, 15) is 4.79 Å². The summed E-state index contributed by atoms with van der Waals surface area (Å²) in [7, 11) is 0. The molecular weight excluding hydrogens is 206 g/mol. The van der Waals surface area contributed by atoms with E-state index in [1.807, 2.05) is 6.92 Å². The molecule has 0 radical (unpaired) electrons. The van der Waals surface area contributed by atoms with Gasteiger partial charge in [0.05, 0.1) is 6.26 Å². The molecule has 0 fully saturated rings. The third-order valence-electron chi connectivity index (χ3n) is 2.26. The van der Waals surface area contributed by atoms with Crippen LogP contribution in [0.15, 0.2) is 28.9 Å². The number of amides is 1. The molecule has 0 bridgehead atoms. The van der Waals surface area contributed by atoms with E-state index in [1.54, 1.807) is 24.5 Å². The highest BCUT2D eigenvalue weighted by Crippen LogP contribution is 2.02. The van der Waals surface area contributed by atoms with E-state index >= 15 is 0 Å². The maximum Gasteiger partial charge on any atom is 0.244 e. The van der Waals surface area contributed by atoms with Crippen LogP contribution in [0, 0.1) is 0 Å². The summed E-state index contributed by atoms with van der Waals surface area (Å²) in [4.78, 5) is 11.5. The Labute approximate surface area is 95.0 Å². The Hall–Kier alpha value is -1.55. The van der Waals surface area contributed by atoms with Crippen molar-refractivity contribution in [2.24, 2.45) is 0 Å². The van der Waals surface area contributed by atoms with Crippen LogP contribution in [0.2, 0.25) is 0 Å². The first-order valence-electron chi connectivity index (χ1n) is 5.39. The van der Waals surface area contributed by atoms with Gasteiger partial charge < -0.3 is 14.8 Å². The number of carbonyl (C=O) groups is 1. The first-order chi connectivity index (χ1) is 7.76. The normalized spacial score (nSPS) is 12.9. The van der Waals surface area contributed by atoms with Crippen LogP contribution in [0.25, 0.3) is 6.08 Å². The van der Waals surface area contributed by atoms with Crippen molar-refractivity contribution in [1.29, 1.82) is 0 Å². The predicted molar refractivity (Wildman–Crippen MR) is 61.7 cm³/mol. The fraction of sp³-hybridized carbons (Fsp3) is 0.417. The second kappa shape index (κ2) is 6.85. The van der Waals surface area contributed by atoms with Crippen LogP contribution in [-0.2, 0) is 4.79 Å². The molecule has 4 nitrogen and oxygen atoms in total. The molecule has 16 heavy (non-hydrogen) atoms. The van der Waals surface area contributed by atoms with Gasteiger partial charge in [0.1, 0.15) is 5.76 Å². The largest absolute Gasteiger partial charge is 0.465 e. The Morgan fingerprint density at radius 1 is 1.69 bits per heavy atom. The average molecular weight is 223 g/mol. The van der Waals surface area contributed by atoms with E-state index in [1.165, 1.54) is 6.08 Å². The molecule has 0 aliphatic heterocycles. The minimum atomic E-state index is -0.170. The van der Waals surface area contributed by atoms with Crippen LogP contribution in [0.4, 0.5) is 0 Å². The number of rotatable bonds is 6. The molecule has 0 spiro atoms. The Bertz CT molecular complexity index is 330. The molecule has 1 aromatic rings. The number of furan rings is 1. The Morgan fingerprint density at radius 2 is 2.50 bits per heavy atom. The minimum Gasteiger partial charge on any atom is -0.465 e. The van der Waals surface area contributed by atoms with Crippen molar-refractivity contribution in [2.45, 2.75) is 25.8 Å². The first kappa shape index (κ1) is 12.5. The highest BCUT2D eigenvalue weighted by Gasteiger charge is 2.06. The van der Waals surface area contributed by atoms with Gasteiger partial charge in [0.2, 0.25) is 5.91 Å². The second-order valence-electron chi connectivity index (χ2n) is 3.47. The van der Waals surface area contributed by atoms with Crippen LogP contribution >= 0.6 is 0 Å². The molecule has 0 saturated carbocycles. The molecule has 1 heterocycles. The van der Waals surface area contributed by atoms with Gasteiger partial charge in [-0.3, -0.25) is 4.79 Å². The van der Waals surface area contributed by atoms with Crippen molar-refractivity contribution in [3.63, 3.8) is 0 Å². The van der Waals surface area contributed by atoms with E-state index in [0.29, 0.717) is 12.2 Å². The van der Waals surface area contributed by atoms with Crippen LogP contribution in [0.5, 0.6) is 0 Å².